The summed E-state index contributed by atoms with van der Waals surface area (Å²) in [5.41, 5.74) is 0.895. The molecule has 0 bridgehead atoms. The number of piperidine rings is 1. The summed E-state index contributed by atoms with van der Waals surface area (Å²) in [6.45, 7) is 2.19. The van der Waals surface area contributed by atoms with Crippen molar-refractivity contribution in [3.05, 3.63) is 60.0 Å². The number of anilines is 1. The Bertz CT molecular complexity index is 1530. The number of methoxy groups -OCH3 is 1. The van der Waals surface area contributed by atoms with E-state index in [2.05, 4.69) is 15.4 Å². The van der Waals surface area contributed by atoms with E-state index in [1.54, 1.807) is 37.3 Å². The number of aryl methyl sites for hydroxylation is 1. The van der Waals surface area contributed by atoms with Crippen LogP contribution >= 0.6 is 11.3 Å². The molecule has 5 rings (SSSR count). The van der Waals surface area contributed by atoms with Gasteiger partial charge in [0.15, 0.2) is 0 Å². The van der Waals surface area contributed by atoms with Crippen LogP contribution in [0.1, 0.15) is 18.5 Å². The lowest BCUT2D eigenvalue weighted by molar-refractivity contribution is -0.120. The Hall–Kier alpha value is -3.35. The smallest absolute Gasteiger partial charge is 0.243 e. The van der Waals surface area contributed by atoms with E-state index in [1.165, 1.54) is 45.6 Å². The van der Waals surface area contributed by atoms with Crippen LogP contribution in [0.5, 0.6) is 5.75 Å². The van der Waals surface area contributed by atoms with Gasteiger partial charge in [-0.15, -0.1) is 0 Å². The summed E-state index contributed by atoms with van der Waals surface area (Å²) in [7, 11) is -2.24. The number of thiazole rings is 1. The van der Waals surface area contributed by atoms with Gasteiger partial charge in [0.1, 0.15) is 22.9 Å². The van der Waals surface area contributed by atoms with E-state index < -0.39 is 21.8 Å². The number of benzene rings is 2. The highest BCUT2D eigenvalue weighted by atomic mass is 32.2. The van der Waals surface area contributed by atoms with E-state index in [0.29, 0.717) is 46.5 Å². The van der Waals surface area contributed by atoms with Crippen LogP contribution in [-0.2, 0) is 14.8 Å². The predicted molar refractivity (Wildman–Crippen MR) is 135 cm³/mol. The fraction of sp³-hybridized carbons (Fsp3) is 0.292. The molecule has 1 unspecified atom stereocenters. The minimum atomic E-state index is -3.76. The molecule has 2 aromatic carbocycles. The van der Waals surface area contributed by atoms with Crippen molar-refractivity contribution in [3.8, 4) is 10.9 Å². The number of ether oxygens (including phenoxy) is 1. The van der Waals surface area contributed by atoms with E-state index in [1.807, 2.05) is 0 Å². The van der Waals surface area contributed by atoms with Gasteiger partial charge in [0.2, 0.25) is 21.1 Å². The van der Waals surface area contributed by atoms with Crippen molar-refractivity contribution in [2.45, 2.75) is 24.7 Å². The van der Waals surface area contributed by atoms with Crippen molar-refractivity contribution in [1.82, 2.24) is 19.1 Å². The van der Waals surface area contributed by atoms with Crippen molar-refractivity contribution < 1.29 is 22.3 Å². The fourth-order valence-corrected chi connectivity index (χ4v) is 6.70. The Labute approximate surface area is 211 Å². The quantitative estimate of drug-likeness (QED) is 0.405. The normalized spacial score (nSPS) is 16.8. The van der Waals surface area contributed by atoms with Crippen molar-refractivity contribution in [2.24, 2.45) is 5.92 Å². The van der Waals surface area contributed by atoms with Crippen molar-refractivity contribution in [1.29, 1.82) is 0 Å². The first kappa shape index (κ1) is 24.3. The Kier molecular flexibility index (Phi) is 6.49. The minimum Gasteiger partial charge on any atom is -0.497 e. The fourth-order valence-electron chi connectivity index (χ4n) is 4.23. The third kappa shape index (κ3) is 4.59. The van der Waals surface area contributed by atoms with E-state index in [0.717, 1.165) is 0 Å². The number of halogens is 1. The maximum atomic E-state index is 14.2. The van der Waals surface area contributed by atoms with Gasteiger partial charge in [-0.25, -0.2) is 17.8 Å². The van der Waals surface area contributed by atoms with Crippen LogP contribution in [0.4, 0.5) is 10.2 Å². The topological polar surface area (TPSA) is 106 Å². The van der Waals surface area contributed by atoms with Gasteiger partial charge in [-0.05, 0) is 56.2 Å². The molecule has 0 aliphatic carbocycles. The molecule has 12 heteroatoms. The Balaban J connectivity index is 1.35. The molecule has 36 heavy (non-hydrogen) atoms. The van der Waals surface area contributed by atoms with E-state index in [4.69, 9.17) is 4.74 Å². The lowest BCUT2D eigenvalue weighted by Crippen LogP contribution is -2.43. The SMILES string of the molecule is COc1ccc(S(=O)(=O)N2CCCC(C(=O)Nc3cc(C)nn3-c3nc4c(F)cccc4s3)C2)cc1. The predicted octanol–water partition coefficient (Wildman–Crippen LogP) is 3.98. The number of carbonyl (C=O) groups excluding carboxylic acids is 1. The molecule has 0 radical (unpaired) electrons. The highest BCUT2D eigenvalue weighted by Crippen LogP contribution is 2.30. The zero-order valence-electron chi connectivity index (χ0n) is 19.6. The average molecular weight is 530 g/mol. The van der Waals surface area contributed by atoms with Crippen molar-refractivity contribution in [3.63, 3.8) is 0 Å². The first-order valence-electron chi connectivity index (χ1n) is 11.3. The van der Waals surface area contributed by atoms with Gasteiger partial charge in [0.05, 0.1) is 28.3 Å². The highest BCUT2D eigenvalue weighted by Gasteiger charge is 2.34. The summed E-state index contributed by atoms with van der Waals surface area (Å²) in [5.74, 6) is -0.314. The molecule has 2 aromatic heterocycles. The number of para-hydroxylation sites is 1. The molecule has 1 fully saturated rings. The zero-order valence-corrected chi connectivity index (χ0v) is 21.3. The highest BCUT2D eigenvalue weighted by molar-refractivity contribution is 7.89. The summed E-state index contributed by atoms with van der Waals surface area (Å²) in [5, 5.41) is 7.73. The molecule has 1 aliphatic rings. The maximum Gasteiger partial charge on any atom is 0.243 e. The second-order valence-corrected chi connectivity index (χ2v) is 11.5. The molecule has 1 saturated heterocycles. The van der Waals surface area contributed by atoms with Crippen LogP contribution in [0, 0.1) is 18.7 Å². The second kappa shape index (κ2) is 9.60. The van der Waals surface area contributed by atoms with Gasteiger partial charge < -0.3 is 10.1 Å². The van der Waals surface area contributed by atoms with Crippen LogP contribution < -0.4 is 10.1 Å². The summed E-state index contributed by atoms with van der Waals surface area (Å²) in [6, 6.07) is 12.6. The molecule has 1 amide bonds. The molecule has 9 nitrogen and oxygen atoms in total. The molecule has 1 N–H and O–H groups in total. The van der Waals surface area contributed by atoms with Gasteiger partial charge in [0.25, 0.3) is 0 Å². The van der Waals surface area contributed by atoms with Crippen LogP contribution in [-0.4, -0.2) is 53.6 Å². The molecule has 4 aromatic rings. The number of carbonyl (C=O) groups is 1. The number of hydrogen-bond acceptors (Lipinski definition) is 7. The monoisotopic (exact) mass is 529 g/mol. The lowest BCUT2D eigenvalue weighted by Gasteiger charge is -2.31. The third-order valence-electron chi connectivity index (χ3n) is 6.07. The Morgan fingerprint density at radius 1 is 1.22 bits per heavy atom. The standard InChI is InChI=1S/C24H24FN5O4S2/c1-15-13-21(30(28-15)24-27-22-19(25)6-3-7-20(22)35-24)26-23(31)16-5-4-12-29(14-16)36(32,33)18-10-8-17(34-2)9-11-18/h3,6-11,13,16H,4-5,12,14H2,1-2H3,(H,26,31). The first-order valence-corrected chi connectivity index (χ1v) is 13.6. The van der Waals surface area contributed by atoms with Gasteiger partial charge in [-0.1, -0.05) is 17.4 Å². The third-order valence-corrected chi connectivity index (χ3v) is 8.95. The number of aromatic nitrogens is 3. The minimum absolute atomic E-state index is 0.0691. The van der Waals surface area contributed by atoms with E-state index >= 15 is 0 Å². The maximum absolute atomic E-state index is 14.2. The molecular weight excluding hydrogens is 505 g/mol. The van der Waals surface area contributed by atoms with Gasteiger partial charge >= 0.3 is 0 Å². The van der Waals surface area contributed by atoms with Crippen LogP contribution in [0.2, 0.25) is 0 Å². The summed E-state index contributed by atoms with van der Waals surface area (Å²) < 4.78 is 49.1. The molecule has 1 atom stereocenters. The lowest BCUT2D eigenvalue weighted by atomic mass is 9.99. The molecule has 0 saturated carbocycles. The Morgan fingerprint density at radius 2 is 2.00 bits per heavy atom. The van der Waals surface area contributed by atoms with Gasteiger partial charge in [-0.2, -0.15) is 14.1 Å². The number of sulfonamides is 1. The van der Waals surface area contributed by atoms with Gasteiger partial charge in [0, 0.05) is 19.2 Å². The van der Waals surface area contributed by atoms with Crippen molar-refractivity contribution in [2.75, 3.05) is 25.5 Å². The number of nitrogens with one attached hydrogen (secondary N) is 1. The number of amides is 1. The van der Waals surface area contributed by atoms with Crippen LogP contribution in [0.15, 0.2) is 53.4 Å². The number of fused-ring (bicyclic) bond motifs is 1. The zero-order chi connectivity index (χ0) is 25.4. The molecular formula is C24H24FN5O4S2. The molecule has 0 spiro atoms. The summed E-state index contributed by atoms with van der Waals surface area (Å²) >= 11 is 1.26. The molecule has 1 aliphatic heterocycles. The summed E-state index contributed by atoms with van der Waals surface area (Å²) in [4.78, 5) is 17.7. The van der Waals surface area contributed by atoms with Crippen LogP contribution in [0.3, 0.4) is 0 Å². The first-order chi connectivity index (χ1) is 17.3. The largest absolute Gasteiger partial charge is 0.497 e. The number of nitrogens with zero attached hydrogens (tertiary/aromatic N) is 4. The molecule has 3 heterocycles. The Morgan fingerprint density at radius 3 is 2.72 bits per heavy atom. The van der Waals surface area contributed by atoms with Gasteiger partial charge in [-0.3, -0.25) is 4.79 Å². The van der Waals surface area contributed by atoms with Crippen molar-refractivity contribution >= 4 is 43.3 Å². The van der Waals surface area contributed by atoms with E-state index in [9.17, 15) is 17.6 Å². The second-order valence-electron chi connectivity index (χ2n) is 8.53. The summed E-state index contributed by atoms with van der Waals surface area (Å²) in [6.07, 6.45) is 1.11. The van der Waals surface area contributed by atoms with Crippen LogP contribution in [0.25, 0.3) is 15.3 Å². The number of rotatable bonds is 6. The average Bonchev–Trinajstić information content (AvgIpc) is 3.48. The number of hydrogen-bond donors (Lipinski definition) is 1. The molecule has 188 valence electrons. The van der Waals surface area contributed by atoms with E-state index in [-0.39, 0.29) is 22.9 Å².